The lowest BCUT2D eigenvalue weighted by Crippen LogP contribution is -2.24. The van der Waals surface area contributed by atoms with Crippen molar-refractivity contribution in [3.8, 4) is 5.75 Å². The topological polar surface area (TPSA) is 21.3 Å². The minimum atomic E-state index is 0. The first-order valence-corrected chi connectivity index (χ1v) is 6.16. The van der Waals surface area contributed by atoms with E-state index < -0.39 is 0 Å². The fraction of sp³-hybridized carbons (Fsp3) is 0.500. The molecule has 0 spiro atoms. The molecule has 5 heteroatoms. The Bertz CT molecular complexity index is 311. The van der Waals surface area contributed by atoms with E-state index in [2.05, 4.69) is 19.2 Å². The fourth-order valence-corrected chi connectivity index (χ4v) is 1.77. The second kappa shape index (κ2) is 8.87. The SMILES string of the molecule is CC(C)NCCCOc1cc(Cl)cc(Cl)c1.Cl. The third-order valence-electron chi connectivity index (χ3n) is 1.98. The largest absolute Gasteiger partial charge is 0.493 e. The molecule has 0 saturated carbocycles. The van der Waals surface area contributed by atoms with E-state index in [4.69, 9.17) is 27.9 Å². The van der Waals surface area contributed by atoms with Crippen LogP contribution in [0.4, 0.5) is 0 Å². The van der Waals surface area contributed by atoms with Gasteiger partial charge in [-0.25, -0.2) is 0 Å². The first-order valence-electron chi connectivity index (χ1n) is 5.40. The highest BCUT2D eigenvalue weighted by Gasteiger charge is 1.99. The minimum absolute atomic E-state index is 0. The van der Waals surface area contributed by atoms with Gasteiger partial charge in [0.25, 0.3) is 0 Å². The Balaban J connectivity index is 0.00000256. The maximum absolute atomic E-state index is 5.85. The van der Waals surface area contributed by atoms with Gasteiger partial charge in [0.05, 0.1) is 6.61 Å². The first kappa shape index (κ1) is 16.9. The van der Waals surface area contributed by atoms with Gasteiger partial charge in [0, 0.05) is 16.1 Å². The molecule has 98 valence electrons. The van der Waals surface area contributed by atoms with Crippen LogP contribution in [-0.4, -0.2) is 19.2 Å². The maximum atomic E-state index is 5.85. The van der Waals surface area contributed by atoms with Crippen molar-refractivity contribution in [2.45, 2.75) is 26.3 Å². The summed E-state index contributed by atoms with van der Waals surface area (Å²) in [4.78, 5) is 0. The molecule has 0 amide bonds. The number of ether oxygens (including phenoxy) is 1. The third-order valence-corrected chi connectivity index (χ3v) is 2.41. The summed E-state index contributed by atoms with van der Waals surface area (Å²) in [5.74, 6) is 0.724. The van der Waals surface area contributed by atoms with Crippen LogP contribution < -0.4 is 10.1 Å². The first-order chi connectivity index (χ1) is 7.58. The summed E-state index contributed by atoms with van der Waals surface area (Å²) in [5, 5.41) is 4.52. The Morgan fingerprint density at radius 1 is 1.18 bits per heavy atom. The third kappa shape index (κ3) is 7.72. The summed E-state index contributed by atoms with van der Waals surface area (Å²) in [5.41, 5.74) is 0. The summed E-state index contributed by atoms with van der Waals surface area (Å²) >= 11 is 11.7. The van der Waals surface area contributed by atoms with Crippen LogP contribution in [0.1, 0.15) is 20.3 Å². The normalized spacial score (nSPS) is 10.2. The molecule has 0 aliphatic rings. The number of hydrogen-bond acceptors (Lipinski definition) is 2. The van der Waals surface area contributed by atoms with Gasteiger partial charge in [-0.3, -0.25) is 0 Å². The van der Waals surface area contributed by atoms with Crippen molar-refractivity contribution in [3.63, 3.8) is 0 Å². The zero-order chi connectivity index (χ0) is 12.0. The van der Waals surface area contributed by atoms with Crippen LogP contribution in [0, 0.1) is 0 Å². The monoisotopic (exact) mass is 297 g/mol. The molecule has 1 rings (SSSR count). The van der Waals surface area contributed by atoms with E-state index in [0.29, 0.717) is 22.7 Å². The Hall–Kier alpha value is -0.150. The summed E-state index contributed by atoms with van der Waals surface area (Å²) in [6, 6.07) is 5.74. The summed E-state index contributed by atoms with van der Waals surface area (Å²) < 4.78 is 5.54. The quantitative estimate of drug-likeness (QED) is 0.795. The van der Waals surface area contributed by atoms with Crippen LogP contribution in [0.3, 0.4) is 0 Å². The van der Waals surface area contributed by atoms with Crippen LogP contribution >= 0.6 is 35.6 Å². The molecule has 0 atom stereocenters. The second-order valence-electron chi connectivity index (χ2n) is 3.92. The highest BCUT2D eigenvalue weighted by molar-refractivity contribution is 6.34. The predicted octanol–water partition coefficient (Wildman–Crippen LogP) is 4.18. The molecule has 1 aromatic rings. The number of benzene rings is 1. The van der Waals surface area contributed by atoms with Gasteiger partial charge in [0.15, 0.2) is 0 Å². The summed E-state index contributed by atoms with van der Waals surface area (Å²) in [6.07, 6.45) is 0.961. The van der Waals surface area contributed by atoms with Crippen molar-refractivity contribution in [3.05, 3.63) is 28.2 Å². The molecule has 0 fully saturated rings. The van der Waals surface area contributed by atoms with E-state index in [1.807, 2.05) is 0 Å². The molecule has 0 unspecified atom stereocenters. The molecule has 1 aromatic carbocycles. The minimum Gasteiger partial charge on any atom is -0.493 e. The lowest BCUT2D eigenvalue weighted by Gasteiger charge is -2.09. The average molecular weight is 299 g/mol. The van der Waals surface area contributed by atoms with Crippen molar-refractivity contribution in [2.75, 3.05) is 13.2 Å². The molecule has 17 heavy (non-hydrogen) atoms. The van der Waals surface area contributed by atoms with Crippen molar-refractivity contribution < 1.29 is 4.74 Å². The van der Waals surface area contributed by atoms with E-state index in [9.17, 15) is 0 Å². The molecule has 2 nitrogen and oxygen atoms in total. The van der Waals surface area contributed by atoms with Gasteiger partial charge in [0.1, 0.15) is 5.75 Å². The smallest absolute Gasteiger partial charge is 0.122 e. The Morgan fingerprint density at radius 3 is 2.29 bits per heavy atom. The van der Waals surface area contributed by atoms with E-state index in [-0.39, 0.29) is 12.4 Å². The fourth-order valence-electron chi connectivity index (χ4n) is 1.26. The standard InChI is InChI=1S/C12H17Cl2NO.ClH/c1-9(2)15-4-3-5-16-12-7-10(13)6-11(14)8-12;/h6-9,15H,3-5H2,1-2H3;1H. The van der Waals surface area contributed by atoms with E-state index >= 15 is 0 Å². The Labute approximate surface area is 119 Å². The molecule has 1 N–H and O–H groups in total. The highest BCUT2D eigenvalue weighted by Crippen LogP contribution is 2.24. The Kier molecular flexibility index (Phi) is 8.79. The molecule has 0 aromatic heterocycles. The summed E-state index contributed by atoms with van der Waals surface area (Å²) in [7, 11) is 0. The van der Waals surface area contributed by atoms with Gasteiger partial charge in [-0.15, -0.1) is 12.4 Å². The van der Waals surface area contributed by atoms with Crippen LogP contribution in [0.25, 0.3) is 0 Å². The van der Waals surface area contributed by atoms with Crippen molar-refractivity contribution in [1.82, 2.24) is 5.32 Å². The van der Waals surface area contributed by atoms with Crippen LogP contribution in [0.2, 0.25) is 10.0 Å². The van der Waals surface area contributed by atoms with E-state index in [0.717, 1.165) is 18.7 Å². The zero-order valence-electron chi connectivity index (χ0n) is 10.0. The second-order valence-corrected chi connectivity index (χ2v) is 4.79. The van der Waals surface area contributed by atoms with E-state index in [1.165, 1.54) is 0 Å². The van der Waals surface area contributed by atoms with Gasteiger partial charge >= 0.3 is 0 Å². The van der Waals surface area contributed by atoms with Gasteiger partial charge in [0.2, 0.25) is 0 Å². The molecular weight excluding hydrogens is 280 g/mol. The number of rotatable bonds is 6. The lowest BCUT2D eigenvalue weighted by atomic mass is 10.3. The van der Waals surface area contributed by atoms with Crippen molar-refractivity contribution in [1.29, 1.82) is 0 Å². The van der Waals surface area contributed by atoms with Gasteiger partial charge < -0.3 is 10.1 Å². The van der Waals surface area contributed by atoms with Crippen molar-refractivity contribution in [2.24, 2.45) is 0 Å². The van der Waals surface area contributed by atoms with E-state index in [1.54, 1.807) is 18.2 Å². The Morgan fingerprint density at radius 2 is 1.76 bits per heavy atom. The molecule has 0 heterocycles. The molecular formula is C12H18Cl3NO. The number of halogens is 3. The zero-order valence-corrected chi connectivity index (χ0v) is 12.3. The number of hydrogen-bond donors (Lipinski definition) is 1. The van der Waals surface area contributed by atoms with Crippen LogP contribution in [0.15, 0.2) is 18.2 Å². The van der Waals surface area contributed by atoms with Crippen molar-refractivity contribution >= 4 is 35.6 Å². The maximum Gasteiger partial charge on any atom is 0.122 e. The van der Waals surface area contributed by atoms with Gasteiger partial charge in [-0.2, -0.15) is 0 Å². The molecule has 0 aliphatic heterocycles. The van der Waals surface area contributed by atoms with Crippen LogP contribution in [0.5, 0.6) is 5.75 Å². The molecule has 0 aliphatic carbocycles. The van der Waals surface area contributed by atoms with Gasteiger partial charge in [-0.1, -0.05) is 37.0 Å². The predicted molar refractivity (Wildman–Crippen MR) is 77.0 cm³/mol. The van der Waals surface area contributed by atoms with Gasteiger partial charge in [-0.05, 0) is 31.2 Å². The molecule has 0 bridgehead atoms. The molecule has 0 saturated heterocycles. The summed E-state index contributed by atoms with van der Waals surface area (Å²) in [6.45, 7) is 5.86. The lowest BCUT2D eigenvalue weighted by molar-refractivity contribution is 0.306. The van der Waals surface area contributed by atoms with Crippen LogP contribution in [-0.2, 0) is 0 Å². The highest BCUT2D eigenvalue weighted by atomic mass is 35.5. The average Bonchev–Trinajstić information content (AvgIpc) is 2.15. The molecule has 0 radical (unpaired) electrons. The number of nitrogens with one attached hydrogen (secondary N) is 1.